The molecule has 1 aliphatic rings. The van der Waals surface area contributed by atoms with Gasteiger partial charge in [0.1, 0.15) is 18.2 Å². The molecule has 0 aliphatic heterocycles. The number of ether oxygens (including phenoxy) is 1. The Balaban J connectivity index is 1.67. The number of amides is 1. The van der Waals surface area contributed by atoms with Gasteiger partial charge in [-0.3, -0.25) is 4.79 Å². The third-order valence-electron chi connectivity index (χ3n) is 4.72. The van der Waals surface area contributed by atoms with E-state index in [1.54, 1.807) is 24.3 Å². The zero-order chi connectivity index (χ0) is 17.6. The first kappa shape index (κ1) is 17.4. The average Bonchev–Trinajstić information content (AvgIpc) is 3.08. The number of nitrogens with two attached hydrogens (primary N) is 1. The zero-order valence-electron chi connectivity index (χ0n) is 14.1. The van der Waals surface area contributed by atoms with E-state index in [0.29, 0.717) is 23.8 Å². The highest BCUT2D eigenvalue weighted by Gasteiger charge is 2.28. The van der Waals surface area contributed by atoms with Gasteiger partial charge in [-0.15, -0.1) is 0 Å². The molecule has 1 amide bonds. The van der Waals surface area contributed by atoms with E-state index in [0.717, 1.165) is 24.8 Å². The molecule has 5 heteroatoms. The number of rotatable bonds is 6. The fourth-order valence-electron chi connectivity index (χ4n) is 3.28. The summed E-state index contributed by atoms with van der Waals surface area (Å²) in [5.41, 5.74) is 7.14. The summed E-state index contributed by atoms with van der Waals surface area (Å²) in [6, 6.07) is 13.4. The Morgan fingerprint density at radius 3 is 2.68 bits per heavy atom. The second kappa shape index (κ2) is 8.12. The van der Waals surface area contributed by atoms with E-state index in [1.807, 2.05) is 12.1 Å². The van der Waals surface area contributed by atoms with Crippen LogP contribution in [0.15, 0.2) is 48.5 Å². The van der Waals surface area contributed by atoms with Crippen molar-refractivity contribution < 1.29 is 13.9 Å². The van der Waals surface area contributed by atoms with Crippen molar-refractivity contribution in [2.24, 2.45) is 11.7 Å². The van der Waals surface area contributed by atoms with Crippen LogP contribution >= 0.6 is 0 Å². The van der Waals surface area contributed by atoms with Gasteiger partial charge in [-0.05, 0) is 55.1 Å². The molecule has 2 atom stereocenters. The van der Waals surface area contributed by atoms with Gasteiger partial charge in [0, 0.05) is 6.04 Å². The minimum Gasteiger partial charge on any atom is -0.488 e. The quantitative estimate of drug-likeness (QED) is 0.847. The second-order valence-electron chi connectivity index (χ2n) is 6.42. The molecule has 0 heterocycles. The summed E-state index contributed by atoms with van der Waals surface area (Å²) < 4.78 is 18.8. The van der Waals surface area contributed by atoms with Crippen molar-refractivity contribution in [2.45, 2.75) is 31.9 Å². The molecule has 0 aromatic heterocycles. The molecule has 0 bridgehead atoms. The van der Waals surface area contributed by atoms with Crippen molar-refractivity contribution in [3.8, 4) is 5.75 Å². The summed E-state index contributed by atoms with van der Waals surface area (Å²) >= 11 is 0. The number of carbonyl (C=O) groups excluding carboxylic acids is 1. The van der Waals surface area contributed by atoms with Crippen LogP contribution < -0.4 is 15.8 Å². The molecule has 2 aromatic carbocycles. The van der Waals surface area contributed by atoms with Crippen LogP contribution in [-0.4, -0.2) is 18.5 Å². The minimum atomic E-state index is -0.283. The van der Waals surface area contributed by atoms with Gasteiger partial charge in [0.15, 0.2) is 0 Å². The van der Waals surface area contributed by atoms with E-state index in [4.69, 9.17) is 10.5 Å². The van der Waals surface area contributed by atoms with Gasteiger partial charge in [0.05, 0.1) is 5.56 Å². The van der Waals surface area contributed by atoms with Gasteiger partial charge < -0.3 is 15.8 Å². The number of benzene rings is 2. The van der Waals surface area contributed by atoms with Gasteiger partial charge in [-0.25, -0.2) is 4.39 Å². The Labute approximate surface area is 147 Å². The van der Waals surface area contributed by atoms with E-state index in [2.05, 4.69) is 5.32 Å². The number of para-hydroxylation sites is 1. The first-order valence-corrected chi connectivity index (χ1v) is 8.64. The van der Waals surface area contributed by atoms with Gasteiger partial charge in [-0.2, -0.15) is 0 Å². The van der Waals surface area contributed by atoms with Crippen molar-refractivity contribution in [1.29, 1.82) is 0 Å². The molecule has 1 saturated carbocycles. The first-order chi connectivity index (χ1) is 12.2. The second-order valence-corrected chi connectivity index (χ2v) is 6.42. The fraction of sp³-hybridized carbons (Fsp3) is 0.350. The van der Waals surface area contributed by atoms with E-state index in [-0.39, 0.29) is 24.4 Å². The lowest BCUT2D eigenvalue weighted by Gasteiger charge is -2.20. The van der Waals surface area contributed by atoms with Crippen LogP contribution in [0.2, 0.25) is 0 Å². The Bertz CT molecular complexity index is 718. The highest BCUT2D eigenvalue weighted by Crippen LogP contribution is 2.26. The molecule has 0 saturated heterocycles. The Morgan fingerprint density at radius 1 is 1.16 bits per heavy atom. The van der Waals surface area contributed by atoms with Crippen LogP contribution in [-0.2, 0) is 6.61 Å². The molecule has 0 radical (unpaired) electrons. The Morgan fingerprint density at radius 2 is 1.92 bits per heavy atom. The van der Waals surface area contributed by atoms with Crippen LogP contribution in [0.25, 0.3) is 0 Å². The molecular formula is C20H23FN2O2. The Hall–Kier alpha value is -2.40. The molecule has 25 heavy (non-hydrogen) atoms. The maximum Gasteiger partial charge on any atom is 0.255 e. The van der Waals surface area contributed by atoms with Crippen molar-refractivity contribution in [3.63, 3.8) is 0 Å². The number of halogens is 1. The third-order valence-corrected chi connectivity index (χ3v) is 4.72. The molecular weight excluding hydrogens is 319 g/mol. The predicted molar refractivity (Wildman–Crippen MR) is 94.8 cm³/mol. The van der Waals surface area contributed by atoms with Crippen LogP contribution in [0.4, 0.5) is 4.39 Å². The van der Waals surface area contributed by atoms with Crippen molar-refractivity contribution in [1.82, 2.24) is 5.32 Å². The number of carbonyl (C=O) groups is 1. The summed E-state index contributed by atoms with van der Waals surface area (Å²) in [5, 5.41) is 3.09. The molecule has 2 aromatic rings. The summed E-state index contributed by atoms with van der Waals surface area (Å²) in [5.74, 6) is 0.442. The van der Waals surface area contributed by atoms with E-state index < -0.39 is 0 Å². The van der Waals surface area contributed by atoms with E-state index in [9.17, 15) is 9.18 Å². The molecule has 3 rings (SSSR count). The molecule has 2 unspecified atom stereocenters. The summed E-state index contributed by atoms with van der Waals surface area (Å²) in [6.07, 6.45) is 3.12. The van der Waals surface area contributed by atoms with Gasteiger partial charge in [-0.1, -0.05) is 30.7 Å². The molecule has 1 fully saturated rings. The molecule has 4 nitrogen and oxygen atoms in total. The standard InChI is InChI=1S/C20H23FN2O2/c21-16-10-8-14(9-11-16)13-25-19-7-2-1-5-17(19)20(24)23-18-6-3-4-15(18)12-22/h1-2,5,7-11,15,18H,3-4,6,12-13,22H2,(H,23,24). The van der Waals surface area contributed by atoms with Crippen molar-refractivity contribution in [2.75, 3.05) is 6.54 Å². The van der Waals surface area contributed by atoms with E-state index >= 15 is 0 Å². The number of hydrogen-bond acceptors (Lipinski definition) is 3. The molecule has 3 N–H and O–H groups in total. The smallest absolute Gasteiger partial charge is 0.255 e. The molecule has 1 aliphatic carbocycles. The molecule has 0 spiro atoms. The van der Waals surface area contributed by atoms with Crippen LogP contribution in [0.1, 0.15) is 35.2 Å². The predicted octanol–water partition coefficient (Wildman–Crippen LogP) is 3.26. The van der Waals surface area contributed by atoms with Gasteiger partial charge >= 0.3 is 0 Å². The van der Waals surface area contributed by atoms with Gasteiger partial charge in [0.2, 0.25) is 0 Å². The zero-order valence-corrected chi connectivity index (χ0v) is 14.1. The normalized spacial score (nSPS) is 19.6. The lowest BCUT2D eigenvalue weighted by molar-refractivity contribution is 0.0924. The minimum absolute atomic E-state index is 0.127. The SMILES string of the molecule is NCC1CCCC1NC(=O)c1ccccc1OCc1ccc(F)cc1. The van der Waals surface area contributed by atoms with Crippen molar-refractivity contribution in [3.05, 3.63) is 65.5 Å². The van der Waals surface area contributed by atoms with Crippen LogP contribution in [0.5, 0.6) is 5.75 Å². The first-order valence-electron chi connectivity index (χ1n) is 8.64. The monoisotopic (exact) mass is 342 g/mol. The third kappa shape index (κ3) is 4.37. The van der Waals surface area contributed by atoms with Crippen molar-refractivity contribution >= 4 is 5.91 Å². The maximum absolute atomic E-state index is 13.0. The van der Waals surface area contributed by atoms with Crippen LogP contribution in [0, 0.1) is 11.7 Å². The fourth-order valence-corrected chi connectivity index (χ4v) is 3.28. The summed E-state index contributed by atoms with van der Waals surface area (Å²) in [6.45, 7) is 0.868. The maximum atomic E-state index is 13.0. The molecule has 132 valence electrons. The Kier molecular flexibility index (Phi) is 5.66. The highest BCUT2D eigenvalue weighted by molar-refractivity contribution is 5.97. The topological polar surface area (TPSA) is 64.3 Å². The lowest BCUT2D eigenvalue weighted by Crippen LogP contribution is -2.40. The van der Waals surface area contributed by atoms with Crippen LogP contribution in [0.3, 0.4) is 0 Å². The lowest BCUT2D eigenvalue weighted by atomic mass is 10.0. The van der Waals surface area contributed by atoms with E-state index in [1.165, 1.54) is 12.1 Å². The largest absolute Gasteiger partial charge is 0.488 e. The average molecular weight is 342 g/mol. The summed E-state index contributed by atoms with van der Waals surface area (Å²) in [7, 11) is 0. The number of nitrogens with one attached hydrogen (secondary N) is 1. The highest BCUT2D eigenvalue weighted by atomic mass is 19.1. The number of hydrogen-bond donors (Lipinski definition) is 2. The van der Waals surface area contributed by atoms with Gasteiger partial charge in [0.25, 0.3) is 5.91 Å². The summed E-state index contributed by atoms with van der Waals surface area (Å²) in [4.78, 5) is 12.7.